The monoisotopic (exact) mass is 332 g/mol. The predicted octanol–water partition coefficient (Wildman–Crippen LogP) is 1.67. The van der Waals surface area contributed by atoms with Gasteiger partial charge in [0.05, 0.1) is 18.3 Å². The summed E-state index contributed by atoms with van der Waals surface area (Å²) >= 11 is 1.38. The molecule has 1 aliphatic rings. The smallest absolute Gasteiger partial charge is 0.239 e. The van der Waals surface area contributed by atoms with Crippen LogP contribution in [0.1, 0.15) is 12.8 Å². The molecule has 23 heavy (non-hydrogen) atoms. The number of amides is 1. The maximum Gasteiger partial charge on any atom is 0.239 e. The van der Waals surface area contributed by atoms with Crippen molar-refractivity contribution in [3.63, 3.8) is 0 Å². The average molecular weight is 332 g/mol. The van der Waals surface area contributed by atoms with Gasteiger partial charge in [0, 0.05) is 29.7 Å². The molecule has 0 spiro atoms. The highest BCUT2D eigenvalue weighted by atomic mass is 32.1. The lowest BCUT2D eigenvalue weighted by molar-refractivity contribution is -0.114. The second-order valence-electron chi connectivity index (χ2n) is 5.56. The van der Waals surface area contributed by atoms with Crippen LogP contribution in [0, 0.1) is 0 Å². The minimum Gasteiger partial charge on any atom is -0.393 e. The minimum absolute atomic E-state index is 0.0504. The van der Waals surface area contributed by atoms with Crippen LogP contribution in [0.3, 0.4) is 0 Å². The molecular formula is C16H20N4O2S. The highest BCUT2D eigenvalue weighted by molar-refractivity contribution is 7.14. The average Bonchev–Trinajstić information content (AvgIpc) is 3.04. The number of hydrogen-bond acceptors (Lipinski definition) is 6. The van der Waals surface area contributed by atoms with E-state index in [9.17, 15) is 9.90 Å². The number of carbonyl (C=O) groups excluding carboxylic acids is 1. The number of anilines is 2. The van der Waals surface area contributed by atoms with Crippen molar-refractivity contribution in [2.45, 2.75) is 18.9 Å². The number of hydrogen-bond donors (Lipinski definition) is 3. The summed E-state index contributed by atoms with van der Waals surface area (Å²) in [6.45, 7) is 1.67. The zero-order valence-corrected chi connectivity index (χ0v) is 13.6. The first-order valence-corrected chi connectivity index (χ1v) is 8.52. The summed E-state index contributed by atoms with van der Waals surface area (Å²) in [5.41, 5.74) is 8.27. The number of nitrogens with zero attached hydrogens (tertiary/aromatic N) is 2. The number of aliphatic hydroxyl groups is 1. The fraction of sp³-hybridized carbons (Fsp3) is 0.375. The van der Waals surface area contributed by atoms with E-state index in [1.807, 2.05) is 17.5 Å². The summed E-state index contributed by atoms with van der Waals surface area (Å²) in [7, 11) is 0. The van der Waals surface area contributed by atoms with E-state index in [4.69, 9.17) is 5.73 Å². The Labute approximate surface area is 139 Å². The van der Waals surface area contributed by atoms with Crippen molar-refractivity contribution in [1.29, 1.82) is 0 Å². The van der Waals surface area contributed by atoms with Gasteiger partial charge in [-0.25, -0.2) is 4.98 Å². The number of aromatic nitrogens is 1. The van der Waals surface area contributed by atoms with Crippen molar-refractivity contribution >= 4 is 28.1 Å². The highest BCUT2D eigenvalue weighted by Crippen LogP contribution is 2.29. The third-order valence-corrected chi connectivity index (χ3v) is 4.67. The maximum atomic E-state index is 11.3. The second kappa shape index (κ2) is 7.08. The quantitative estimate of drug-likeness (QED) is 0.792. The van der Waals surface area contributed by atoms with Crippen LogP contribution < -0.4 is 16.0 Å². The number of carbonyl (C=O) groups is 1. The van der Waals surface area contributed by atoms with Crippen LogP contribution in [0.5, 0.6) is 0 Å². The molecule has 3 rings (SSSR count). The molecule has 1 saturated heterocycles. The molecule has 0 radical (unpaired) electrons. The van der Waals surface area contributed by atoms with Crippen molar-refractivity contribution < 1.29 is 9.90 Å². The van der Waals surface area contributed by atoms with E-state index in [1.165, 1.54) is 11.3 Å². The summed E-state index contributed by atoms with van der Waals surface area (Å²) in [5.74, 6) is -0.244. The summed E-state index contributed by atoms with van der Waals surface area (Å²) in [6, 6.07) is 8.19. The van der Waals surface area contributed by atoms with E-state index in [-0.39, 0.29) is 18.6 Å². The lowest BCUT2D eigenvalue weighted by atomic mass is 10.1. The van der Waals surface area contributed by atoms with Gasteiger partial charge in [-0.1, -0.05) is 12.1 Å². The number of rotatable bonds is 4. The van der Waals surface area contributed by atoms with Crippen LogP contribution in [0.15, 0.2) is 29.6 Å². The zero-order chi connectivity index (χ0) is 16.2. The number of nitrogens with two attached hydrogens (primary N) is 1. The fourth-order valence-electron chi connectivity index (χ4n) is 2.62. The van der Waals surface area contributed by atoms with Crippen molar-refractivity contribution in [3.8, 4) is 11.3 Å². The summed E-state index contributed by atoms with van der Waals surface area (Å²) in [5, 5.41) is 14.8. The number of benzene rings is 1. The third kappa shape index (κ3) is 3.87. The fourth-order valence-corrected chi connectivity index (χ4v) is 3.36. The molecule has 1 aromatic carbocycles. The van der Waals surface area contributed by atoms with Gasteiger partial charge in [0.25, 0.3) is 0 Å². The Morgan fingerprint density at radius 3 is 2.96 bits per heavy atom. The van der Waals surface area contributed by atoms with Crippen LogP contribution in [-0.4, -0.2) is 41.7 Å². The van der Waals surface area contributed by atoms with E-state index in [1.54, 1.807) is 0 Å². The minimum atomic E-state index is -0.244. The van der Waals surface area contributed by atoms with Crippen molar-refractivity contribution in [2.24, 2.45) is 5.73 Å². The first-order valence-electron chi connectivity index (χ1n) is 7.64. The Kier molecular flexibility index (Phi) is 4.90. The third-order valence-electron chi connectivity index (χ3n) is 3.91. The molecule has 1 aliphatic heterocycles. The molecule has 0 bridgehead atoms. The largest absolute Gasteiger partial charge is 0.393 e. The Hall–Kier alpha value is -1.96. The van der Waals surface area contributed by atoms with Crippen LogP contribution >= 0.6 is 11.3 Å². The molecule has 0 saturated carbocycles. The molecule has 6 nitrogen and oxygen atoms in total. The number of nitrogens with one attached hydrogen (secondary N) is 1. The van der Waals surface area contributed by atoms with Crippen LogP contribution in [0.2, 0.25) is 0 Å². The molecule has 122 valence electrons. The second-order valence-corrected chi connectivity index (χ2v) is 6.42. The van der Waals surface area contributed by atoms with Gasteiger partial charge in [0.1, 0.15) is 0 Å². The van der Waals surface area contributed by atoms with Crippen LogP contribution in [0.25, 0.3) is 11.3 Å². The molecule has 0 atom stereocenters. The zero-order valence-electron chi connectivity index (χ0n) is 12.7. The van der Waals surface area contributed by atoms with Crippen LogP contribution in [-0.2, 0) is 4.79 Å². The van der Waals surface area contributed by atoms with E-state index < -0.39 is 0 Å². The molecule has 2 aromatic rings. The predicted molar refractivity (Wildman–Crippen MR) is 92.7 cm³/mol. The van der Waals surface area contributed by atoms with Gasteiger partial charge in [-0.3, -0.25) is 4.79 Å². The molecule has 4 N–H and O–H groups in total. The summed E-state index contributed by atoms with van der Waals surface area (Å²) in [4.78, 5) is 18.0. The summed E-state index contributed by atoms with van der Waals surface area (Å²) in [6.07, 6.45) is 1.42. The maximum absolute atomic E-state index is 11.3. The molecule has 7 heteroatoms. The molecule has 1 fully saturated rings. The molecule has 0 aliphatic carbocycles. The van der Waals surface area contributed by atoms with Gasteiger partial charge in [-0.05, 0) is 25.0 Å². The first kappa shape index (κ1) is 15.9. The molecule has 1 amide bonds. The Balaban J connectivity index is 1.76. The molecule has 0 unspecified atom stereocenters. The number of piperidine rings is 1. The van der Waals surface area contributed by atoms with E-state index in [0.29, 0.717) is 5.13 Å². The van der Waals surface area contributed by atoms with E-state index in [0.717, 1.165) is 42.9 Å². The lowest BCUT2D eigenvalue weighted by Crippen LogP contribution is -2.35. The van der Waals surface area contributed by atoms with Gasteiger partial charge < -0.3 is 21.1 Å². The number of thiazole rings is 1. The Morgan fingerprint density at radius 2 is 2.22 bits per heavy atom. The molecular weight excluding hydrogens is 312 g/mol. The first-order chi connectivity index (χ1) is 11.2. The van der Waals surface area contributed by atoms with Crippen molar-refractivity contribution in [3.05, 3.63) is 29.6 Å². The lowest BCUT2D eigenvalue weighted by Gasteiger charge is -2.31. The molecule has 1 aromatic heterocycles. The van der Waals surface area contributed by atoms with Gasteiger partial charge in [0.15, 0.2) is 5.13 Å². The molecule has 2 heterocycles. The van der Waals surface area contributed by atoms with Crippen molar-refractivity contribution in [2.75, 3.05) is 29.9 Å². The Morgan fingerprint density at radius 1 is 1.43 bits per heavy atom. The topological polar surface area (TPSA) is 91.5 Å². The van der Waals surface area contributed by atoms with E-state index in [2.05, 4.69) is 27.3 Å². The highest BCUT2D eigenvalue weighted by Gasteiger charge is 2.17. The summed E-state index contributed by atoms with van der Waals surface area (Å²) < 4.78 is 0. The van der Waals surface area contributed by atoms with Crippen LogP contribution in [0.4, 0.5) is 10.8 Å². The van der Waals surface area contributed by atoms with Gasteiger partial charge in [-0.2, -0.15) is 0 Å². The van der Waals surface area contributed by atoms with E-state index >= 15 is 0 Å². The number of aliphatic hydroxyl groups excluding tert-OH is 1. The SMILES string of the molecule is NCC(=O)Nc1nc(-c2cccc(N3CCC(O)CC3)c2)cs1. The van der Waals surface area contributed by atoms with Gasteiger partial charge >= 0.3 is 0 Å². The van der Waals surface area contributed by atoms with Gasteiger partial charge in [-0.15, -0.1) is 11.3 Å². The van der Waals surface area contributed by atoms with Gasteiger partial charge in [0.2, 0.25) is 5.91 Å². The standard InChI is InChI=1S/C16H20N4O2S/c17-9-15(22)19-16-18-14(10-23-16)11-2-1-3-12(8-11)20-6-4-13(21)5-7-20/h1-3,8,10,13,21H,4-7,9,17H2,(H,18,19,22). The normalized spacial score (nSPS) is 15.7. The Bertz CT molecular complexity index is 680. The van der Waals surface area contributed by atoms with Crippen molar-refractivity contribution in [1.82, 2.24) is 4.98 Å².